The predicted octanol–water partition coefficient (Wildman–Crippen LogP) is 4.03. The van der Waals surface area contributed by atoms with E-state index in [1.807, 2.05) is 11.5 Å². The third kappa shape index (κ3) is 2.17. The summed E-state index contributed by atoms with van der Waals surface area (Å²) in [4.78, 5) is 8.74. The van der Waals surface area contributed by atoms with Crippen molar-refractivity contribution < 1.29 is 13.5 Å². The first-order valence-corrected chi connectivity index (χ1v) is 7.46. The van der Waals surface area contributed by atoms with E-state index >= 15 is 0 Å². The van der Waals surface area contributed by atoms with Gasteiger partial charge in [0.1, 0.15) is 11.6 Å². The molecular weight excluding hydrogens is 300 g/mol. The maximum absolute atomic E-state index is 13.7. The van der Waals surface area contributed by atoms with Crippen molar-refractivity contribution in [2.75, 3.05) is 7.11 Å². The van der Waals surface area contributed by atoms with Crippen molar-refractivity contribution in [1.29, 1.82) is 0 Å². The van der Waals surface area contributed by atoms with Gasteiger partial charge in [-0.15, -0.1) is 0 Å². The molecule has 4 rings (SSSR count). The molecule has 0 aliphatic heterocycles. The Balaban J connectivity index is 2.02. The molecule has 1 aliphatic carbocycles. The number of fused-ring (bicyclic) bond motifs is 1. The molecule has 23 heavy (non-hydrogen) atoms. The number of aromatic nitrogens is 3. The fourth-order valence-corrected chi connectivity index (χ4v) is 2.92. The minimum atomic E-state index is -0.884. The van der Waals surface area contributed by atoms with Gasteiger partial charge in [0.05, 0.1) is 24.3 Å². The lowest BCUT2D eigenvalue weighted by atomic mass is 10.1. The molecule has 4 nitrogen and oxygen atoms in total. The number of nitrogens with zero attached hydrogens (tertiary/aromatic N) is 3. The van der Waals surface area contributed by atoms with Crippen molar-refractivity contribution in [2.45, 2.75) is 25.8 Å². The van der Waals surface area contributed by atoms with Gasteiger partial charge in [0.15, 0.2) is 11.6 Å². The van der Waals surface area contributed by atoms with E-state index in [2.05, 4.69) is 9.97 Å². The van der Waals surface area contributed by atoms with Crippen molar-refractivity contribution in [3.8, 4) is 17.1 Å². The van der Waals surface area contributed by atoms with Crippen LogP contribution in [0.25, 0.3) is 22.4 Å². The molecule has 0 amide bonds. The van der Waals surface area contributed by atoms with Gasteiger partial charge in [0.25, 0.3) is 0 Å². The third-order valence-electron chi connectivity index (χ3n) is 4.27. The van der Waals surface area contributed by atoms with Crippen LogP contribution >= 0.6 is 0 Å². The van der Waals surface area contributed by atoms with Crippen LogP contribution in [0.5, 0.6) is 5.75 Å². The molecule has 0 N–H and O–H groups in total. The summed E-state index contributed by atoms with van der Waals surface area (Å²) in [6.07, 6.45) is 5.37. The normalized spacial score (nSPS) is 14.4. The summed E-state index contributed by atoms with van der Waals surface area (Å²) in [5.74, 6) is -0.401. The Morgan fingerprint density at radius 3 is 2.61 bits per heavy atom. The number of halogens is 2. The maximum Gasteiger partial charge on any atom is 0.161 e. The minimum Gasteiger partial charge on any atom is -0.495 e. The number of hydrogen-bond donors (Lipinski definition) is 0. The molecule has 1 aromatic carbocycles. The lowest BCUT2D eigenvalue weighted by Crippen LogP contribution is -2.00. The van der Waals surface area contributed by atoms with Gasteiger partial charge in [-0.2, -0.15) is 0 Å². The zero-order chi connectivity index (χ0) is 16.1. The van der Waals surface area contributed by atoms with Crippen LogP contribution in [0.2, 0.25) is 0 Å². The fraction of sp³-hybridized carbons (Fsp3) is 0.294. The van der Waals surface area contributed by atoms with Crippen molar-refractivity contribution in [3.63, 3.8) is 0 Å². The number of benzene rings is 1. The first-order chi connectivity index (χ1) is 11.1. The summed E-state index contributed by atoms with van der Waals surface area (Å²) >= 11 is 0. The summed E-state index contributed by atoms with van der Waals surface area (Å²) < 4.78 is 34.5. The van der Waals surface area contributed by atoms with Gasteiger partial charge in [-0.05, 0) is 19.8 Å². The Kier molecular flexibility index (Phi) is 3.07. The lowest BCUT2D eigenvalue weighted by molar-refractivity contribution is 0.410. The molecule has 0 unspecified atom stereocenters. The van der Waals surface area contributed by atoms with E-state index in [0.717, 1.165) is 30.0 Å². The SMILES string of the molecule is COc1cncc(-c2nc3cc(F)c(F)cc3n2C2CC2)c1C. The smallest absolute Gasteiger partial charge is 0.161 e. The summed E-state index contributed by atoms with van der Waals surface area (Å²) in [6, 6.07) is 2.64. The first-order valence-electron chi connectivity index (χ1n) is 7.46. The summed E-state index contributed by atoms with van der Waals surface area (Å²) in [6.45, 7) is 1.92. The number of ether oxygens (including phenoxy) is 1. The van der Waals surface area contributed by atoms with Gasteiger partial charge in [0.2, 0.25) is 0 Å². The van der Waals surface area contributed by atoms with Crippen LogP contribution in [0.15, 0.2) is 24.5 Å². The van der Waals surface area contributed by atoms with Gasteiger partial charge >= 0.3 is 0 Å². The highest BCUT2D eigenvalue weighted by Crippen LogP contribution is 2.42. The number of rotatable bonds is 3. The van der Waals surface area contributed by atoms with E-state index in [4.69, 9.17) is 4.74 Å². The second kappa shape index (κ2) is 5.01. The number of imidazole rings is 1. The maximum atomic E-state index is 13.7. The molecular formula is C17H15F2N3O. The second-order valence-electron chi connectivity index (χ2n) is 5.81. The number of methoxy groups -OCH3 is 1. The summed E-state index contributed by atoms with van der Waals surface area (Å²) in [7, 11) is 1.59. The molecule has 118 valence electrons. The molecule has 3 aromatic rings. The molecule has 0 bridgehead atoms. The lowest BCUT2D eigenvalue weighted by Gasteiger charge is -2.11. The quantitative estimate of drug-likeness (QED) is 0.732. The van der Waals surface area contributed by atoms with Gasteiger partial charge in [-0.1, -0.05) is 0 Å². The predicted molar refractivity (Wildman–Crippen MR) is 82.4 cm³/mol. The second-order valence-corrected chi connectivity index (χ2v) is 5.81. The zero-order valence-corrected chi connectivity index (χ0v) is 12.8. The zero-order valence-electron chi connectivity index (χ0n) is 12.8. The molecule has 6 heteroatoms. The van der Waals surface area contributed by atoms with E-state index in [1.54, 1.807) is 19.5 Å². The summed E-state index contributed by atoms with van der Waals surface area (Å²) in [5, 5.41) is 0. The van der Waals surface area contributed by atoms with Crippen LogP contribution in [0.1, 0.15) is 24.4 Å². The van der Waals surface area contributed by atoms with Gasteiger partial charge in [-0.3, -0.25) is 4.98 Å². The fourth-order valence-electron chi connectivity index (χ4n) is 2.92. The third-order valence-corrected chi connectivity index (χ3v) is 4.27. The molecule has 1 fully saturated rings. The van der Waals surface area contributed by atoms with E-state index in [0.29, 0.717) is 22.6 Å². The van der Waals surface area contributed by atoms with E-state index < -0.39 is 11.6 Å². The van der Waals surface area contributed by atoms with Gasteiger partial charge < -0.3 is 9.30 Å². The number of pyridine rings is 1. The van der Waals surface area contributed by atoms with Crippen LogP contribution in [-0.2, 0) is 0 Å². The Labute approximate surface area is 131 Å². The number of hydrogen-bond acceptors (Lipinski definition) is 3. The van der Waals surface area contributed by atoms with Crippen LogP contribution in [0, 0.1) is 18.6 Å². The highest BCUT2D eigenvalue weighted by atomic mass is 19.2. The van der Waals surface area contributed by atoms with Crippen molar-refractivity contribution in [1.82, 2.24) is 14.5 Å². The molecule has 0 saturated heterocycles. The van der Waals surface area contributed by atoms with Crippen LogP contribution in [-0.4, -0.2) is 21.6 Å². The topological polar surface area (TPSA) is 39.9 Å². The van der Waals surface area contributed by atoms with Gasteiger partial charge in [0, 0.05) is 35.5 Å². The summed E-state index contributed by atoms with van der Waals surface area (Å²) in [5.41, 5.74) is 2.78. The largest absolute Gasteiger partial charge is 0.495 e. The highest BCUT2D eigenvalue weighted by Gasteiger charge is 2.30. The first kappa shape index (κ1) is 14.1. The van der Waals surface area contributed by atoms with Crippen molar-refractivity contribution >= 4 is 11.0 Å². The van der Waals surface area contributed by atoms with E-state index in [1.165, 1.54) is 6.07 Å². The Morgan fingerprint density at radius 1 is 1.17 bits per heavy atom. The van der Waals surface area contributed by atoms with E-state index in [-0.39, 0.29) is 6.04 Å². The van der Waals surface area contributed by atoms with Crippen molar-refractivity contribution in [2.24, 2.45) is 0 Å². The van der Waals surface area contributed by atoms with Gasteiger partial charge in [-0.25, -0.2) is 13.8 Å². The van der Waals surface area contributed by atoms with Crippen LogP contribution in [0.4, 0.5) is 8.78 Å². The minimum absolute atomic E-state index is 0.269. The molecule has 0 spiro atoms. The van der Waals surface area contributed by atoms with Crippen molar-refractivity contribution in [3.05, 3.63) is 41.7 Å². The molecule has 2 heterocycles. The molecule has 1 saturated carbocycles. The Bertz CT molecular complexity index is 916. The van der Waals surface area contributed by atoms with Crippen LogP contribution in [0.3, 0.4) is 0 Å². The standard InChI is InChI=1S/C17H15F2N3O/c1-9-11(7-20-8-16(9)23-2)17-21-14-5-12(18)13(19)6-15(14)22(17)10-3-4-10/h5-8,10H,3-4H2,1-2H3. The Morgan fingerprint density at radius 2 is 1.91 bits per heavy atom. The molecule has 1 aliphatic rings. The Hall–Kier alpha value is -2.50. The molecule has 0 atom stereocenters. The average Bonchev–Trinajstić information content (AvgIpc) is 3.31. The average molecular weight is 315 g/mol. The highest BCUT2D eigenvalue weighted by molar-refractivity contribution is 5.82. The monoisotopic (exact) mass is 315 g/mol. The van der Waals surface area contributed by atoms with Crippen LogP contribution < -0.4 is 4.74 Å². The molecule has 2 aromatic heterocycles. The molecule has 0 radical (unpaired) electrons. The van der Waals surface area contributed by atoms with E-state index in [9.17, 15) is 8.78 Å².